The van der Waals surface area contributed by atoms with Crippen molar-refractivity contribution in [3.63, 3.8) is 0 Å². The number of aryl methyl sites for hydroxylation is 1. The van der Waals surface area contributed by atoms with Crippen molar-refractivity contribution in [1.82, 2.24) is 4.98 Å². The summed E-state index contributed by atoms with van der Waals surface area (Å²) in [6, 6.07) is 5.75. The van der Waals surface area contributed by atoms with Gasteiger partial charge in [0.15, 0.2) is 5.82 Å². The summed E-state index contributed by atoms with van der Waals surface area (Å²) < 4.78 is 27.1. The van der Waals surface area contributed by atoms with Gasteiger partial charge in [-0.05, 0) is 30.7 Å². The van der Waals surface area contributed by atoms with Gasteiger partial charge < -0.3 is 11.1 Å². The lowest BCUT2D eigenvalue weighted by Crippen LogP contribution is -2.00. The van der Waals surface area contributed by atoms with E-state index in [1.807, 2.05) is 0 Å². The van der Waals surface area contributed by atoms with Crippen molar-refractivity contribution in [2.75, 3.05) is 11.1 Å². The highest BCUT2D eigenvalue weighted by atomic mass is 19.1. The zero-order valence-electron chi connectivity index (χ0n) is 9.17. The van der Waals surface area contributed by atoms with Crippen molar-refractivity contribution < 1.29 is 8.78 Å². The standard InChI is InChI=1S/C12H11F2N3/c1-7-2-4-9(13)12(11(7)14)17-8-3-5-10(15)16-6-8/h2-6,17H,1H3,(H2,15,16). The van der Waals surface area contributed by atoms with E-state index in [-0.39, 0.29) is 5.69 Å². The highest BCUT2D eigenvalue weighted by Crippen LogP contribution is 2.25. The number of hydrogen-bond acceptors (Lipinski definition) is 3. The molecule has 0 atom stereocenters. The molecule has 0 aliphatic carbocycles. The van der Waals surface area contributed by atoms with E-state index < -0.39 is 11.6 Å². The molecule has 2 rings (SSSR count). The van der Waals surface area contributed by atoms with Crippen LogP contribution in [0.25, 0.3) is 0 Å². The van der Waals surface area contributed by atoms with Crippen LogP contribution in [0.15, 0.2) is 30.5 Å². The molecule has 2 aromatic rings. The van der Waals surface area contributed by atoms with Gasteiger partial charge in [0.25, 0.3) is 0 Å². The Morgan fingerprint density at radius 3 is 2.59 bits per heavy atom. The molecule has 5 heteroatoms. The van der Waals surface area contributed by atoms with Gasteiger partial charge in [0.1, 0.15) is 17.3 Å². The number of nitrogen functional groups attached to an aromatic ring is 1. The van der Waals surface area contributed by atoms with E-state index in [4.69, 9.17) is 5.73 Å². The second kappa shape index (κ2) is 4.37. The summed E-state index contributed by atoms with van der Waals surface area (Å²) in [5.41, 5.74) is 6.08. The van der Waals surface area contributed by atoms with Gasteiger partial charge in [0.05, 0.1) is 11.9 Å². The van der Waals surface area contributed by atoms with Gasteiger partial charge in [-0.1, -0.05) is 6.07 Å². The molecular weight excluding hydrogens is 224 g/mol. The summed E-state index contributed by atoms with van der Waals surface area (Å²) >= 11 is 0. The fraction of sp³-hybridized carbons (Fsp3) is 0.0833. The Bertz CT molecular complexity index is 538. The Morgan fingerprint density at radius 1 is 1.18 bits per heavy atom. The maximum Gasteiger partial charge on any atom is 0.152 e. The molecule has 0 fully saturated rings. The Kier molecular flexibility index (Phi) is 2.91. The number of aromatic nitrogens is 1. The van der Waals surface area contributed by atoms with Gasteiger partial charge in [0.2, 0.25) is 0 Å². The first-order chi connectivity index (χ1) is 8.08. The first-order valence-electron chi connectivity index (χ1n) is 5.01. The molecule has 1 aromatic heterocycles. The van der Waals surface area contributed by atoms with E-state index in [0.717, 1.165) is 0 Å². The summed E-state index contributed by atoms with van der Waals surface area (Å²) in [7, 11) is 0. The fourth-order valence-electron chi connectivity index (χ4n) is 1.39. The number of nitrogens with one attached hydrogen (secondary N) is 1. The molecule has 1 heterocycles. The molecule has 3 N–H and O–H groups in total. The van der Waals surface area contributed by atoms with Gasteiger partial charge in [-0.3, -0.25) is 0 Å². The molecule has 0 unspecified atom stereocenters. The number of halogens is 2. The average Bonchev–Trinajstić information content (AvgIpc) is 2.32. The average molecular weight is 235 g/mol. The van der Waals surface area contributed by atoms with E-state index >= 15 is 0 Å². The largest absolute Gasteiger partial charge is 0.384 e. The lowest BCUT2D eigenvalue weighted by atomic mass is 10.2. The number of nitrogens with zero attached hydrogens (tertiary/aromatic N) is 1. The summed E-state index contributed by atoms with van der Waals surface area (Å²) in [6.45, 7) is 1.57. The number of benzene rings is 1. The Morgan fingerprint density at radius 2 is 1.94 bits per heavy atom. The van der Waals surface area contributed by atoms with Crippen molar-refractivity contribution in [1.29, 1.82) is 0 Å². The van der Waals surface area contributed by atoms with Crippen LogP contribution in [0.1, 0.15) is 5.56 Å². The Balaban J connectivity index is 2.36. The molecule has 0 bridgehead atoms. The lowest BCUT2D eigenvalue weighted by molar-refractivity contribution is 0.585. The summed E-state index contributed by atoms with van der Waals surface area (Å²) in [6.07, 6.45) is 1.41. The van der Waals surface area contributed by atoms with Gasteiger partial charge in [-0.2, -0.15) is 0 Å². The summed E-state index contributed by atoms with van der Waals surface area (Å²) in [5, 5.41) is 2.64. The quantitative estimate of drug-likeness (QED) is 0.841. The molecule has 0 amide bonds. The van der Waals surface area contributed by atoms with Crippen molar-refractivity contribution in [3.05, 3.63) is 47.7 Å². The smallest absolute Gasteiger partial charge is 0.152 e. The Hall–Kier alpha value is -2.17. The highest BCUT2D eigenvalue weighted by Gasteiger charge is 2.11. The van der Waals surface area contributed by atoms with Crippen LogP contribution < -0.4 is 11.1 Å². The number of hydrogen-bond donors (Lipinski definition) is 2. The van der Waals surface area contributed by atoms with Crippen LogP contribution in [-0.2, 0) is 0 Å². The van der Waals surface area contributed by atoms with E-state index in [1.165, 1.54) is 18.3 Å². The zero-order chi connectivity index (χ0) is 12.4. The fourth-order valence-corrected chi connectivity index (χ4v) is 1.39. The molecule has 17 heavy (non-hydrogen) atoms. The van der Waals surface area contributed by atoms with E-state index in [2.05, 4.69) is 10.3 Å². The monoisotopic (exact) mass is 235 g/mol. The van der Waals surface area contributed by atoms with E-state index in [1.54, 1.807) is 19.1 Å². The van der Waals surface area contributed by atoms with E-state index in [9.17, 15) is 8.78 Å². The maximum atomic E-state index is 13.7. The third kappa shape index (κ3) is 2.33. The highest BCUT2D eigenvalue weighted by molar-refractivity contribution is 5.61. The maximum absolute atomic E-state index is 13.7. The predicted octanol–water partition coefficient (Wildman–Crippen LogP) is 2.99. The summed E-state index contributed by atoms with van der Waals surface area (Å²) in [4.78, 5) is 3.83. The molecule has 3 nitrogen and oxygen atoms in total. The number of anilines is 3. The Labute approximate surface area is 97.3 Å². The summed E-state index contributed by atoms with van der Waals surface area (Å²) in [5.74, 6) is -0.910. The number of nitrogens with two attached hydrogens (primary N) is 1. The van der Waals surface area contributed by atoms with Crippen LogP contribution in [-0.4, -0.2) is 4.98 Å². The first-order valence-corrected chi connectivity index (χ1v) is 5.01. The predicted molar refractivity (Wildman–Crippen MR) is 63.0 cm³/mol. The third-order valence-electron chi connectivity index (χ3n) is 2.34. The van der Waals surface area contributed by atoms with Gasteiger partial charge in [-0.25, -0.2) is 13.8 Å². The van der Waals surface area contributed by atoms with Crippen molar-refractivity contribution in [2.45, 2.75) is 6.92 Å². The van der Waals surface area contributed by atoms with Crippen LogP contribution in [0.4, 0.5) is 26.0 Å². The topological polar surface area (TPSA) is 50.9 Å². The number of pyridine rings is 1. The molecule has 0 radical (unpaired) electrons. The second-order valence-corrected chi connectivity index (χ2v) is 3.65. The van der Waals surface area contributed by atoms with Crippen LogP contribution in [0, 0.1) is 18.6 Å². The van der Waals surface area contributed by atoms with E-state index in [0.29, 0.717) is 17.1 Å². The normalized spacial score (nSPS) is 10.3. The zero-order valence-corrected chi connectivity index (χ0v) is 9.17. The van der Waals surface area contributed by atoms with Crippen molar-refractivity contribution in [2.24, 2.45) is 0 Å². The number of rotatable bonds is 2. The van der Waals surface area contributed by atoms with Crippen molar-refractivity contribution in [3.8, 4) is 0 Å². The first kappa shape index (κ1) is 11.3. The molecule has 88 valence electrons. The molecule has 0 aliphatic rings. The van der Waals surface area contributed by atoms with Gasteiger partial charge >= 0.3 is 0 Å². The third-order valence-corrected chi connectivity index (χ3v) is 2.34. The minimum Gasteiger partial charge on any atom is -0.384 e. The van der Waals surface area contributed by atoms with Crippen LogP contribution in [0.3, 0.4) is 0 Å². The molecule has 0 saturated carbocycles. The van der Waals surface area contributed by atoms with Gasteiger partial charge in [0, 0.05) is 0 Å². The molecule has 0 spiro atoms. The van der Waals surface area contributed by atoms with Crippen LogP contribution in [0.2, 0.25) is 0 Å². The van der Waals surface area contributed by atoms with Crippen LogP contribution in [0.5, 0.6) is 0 Å². The van der Waals surface area contributed by atoms with Gasteiger partial charge in [-0.15, -0.1) is 0 Å². The molecular formula is C12H11F2N3. The van der Waals surface area contributed by atoms with Crippen LogP contribution >= 0.6 is 0 Å². The molecule has 1 aromatic carbocycles. The molecule has 0 saturated heterocycles. The minimum atomic E-state index is -0.648. The minimum absolute atomic E-state index is 0.184. The molecule has 0 aliphatic heterocycles. The second-order valence-electron chi connectivity index (χ2n) is 3.65. The lowest BCUT2D eigenvalue weighted by Gasteiger charge is -2.10. The van der Waals surface area contributed by atoms with Crippen molar-refractivity contribution >= 4 is 17.2 Å². The SMILES string of the molecule is Cc1ccc(F)c(Nc2ccc(N)nc2)c1F.